The highest BCUT2D eigenvalue weighted by atomic mass is 16.5. The second-order valence-corrected chi connectivity index (χ2v) is 5.77. The summed E-state index contributed by atoms with van der Waals surface area (Å²) in [6.45, 7) is 0.399. The molecule has 0 amide bonds. The van der Waals surface area contributed by atoms with Crippen molar-refractivity contribution < 1.29 is 4.74 Å². The number of rotatable bonds is 3. The normalized spacial score (nSPS) is 30.7. The molecule has 2 atom stereocenters. The summed E-state index contributed by atoms with van der Waals surface area (Å²) in [5.74, 6) is 1.24. The molecule has 0 radical (unpaired) electrons. The molecule has 104 valence electrons. The van der Waals surface area contributed by atoms with E-state index in [0.717, 1.165) is 24.4 Å². The average molecular weight is 263 g/mol. The van der Waals surface area contributed by atoms with Gasteiger partial charge < -0.3 is 14.6 Å². The zero-order chi connectivity index (χ0) is 13.4. The predicted octanol–water partition coefficient (Wildman–Crippen LogP) is 1.26. The monoisotopic (exact) mass is 263 g/mol. The van der Waals surface area contributed by atoms with E-state index in [1.54, 1.807) is 7.11 Å². The Labute approximate surface area is 113 Å². The third-order valence-electron chi connectivity index (χ3n) is 4.59. The van der Waals surface area contributed by atoms with Gasteiger partial charge in [0.2, 0.25) is 0 Å². The Balaban J connectivity index is 1.84. The molecule has 0 aliphatic carbocycles. The molecule has 2 aliphatic heterocycles. The highest BCUT2D eigenvalue weighted by Gasteiger charge is 2.39. The smallest absolute Gasteiger partial charge is 0.251 e. The van der Waals surface area contributed by atoms with Crippen molar-refractivity contribution in [3.8, 4) is 0 Å². The number of piperidine rings is 1. The molecule has 2 bridgehead atoms. The molecule has 3 heterocycles. The van der Waals surface area contributed by atoms with E-state index >= 15 is 0 Å². The summed E-state index contributed by atoms with van der Waals surface area (Å²) in [7, 11) is 3.84. The Morgan fingerprint density at radius 3 is 2.74 bits per heavy atom. The zero-order valence-corrected chi connectivity index (χ0v) is 11.6. The minimum atomic E-state index is -0.0664. The Morgan fingerprint density at radius 2 is 2.11 bits per heavy atom. The van der Waals surface area contributed by atoms with Crippen molar-refractivity contribution in [2.45, 2.75) is 50.3 Å². The second-order valence-electron chi connectivity index (χ2n) is 5.77. The van der Waals surface area contributed by atoms with Crippen LogP contribution in [0.15, 0.2) is 10.9 Å². The molecule has 1 aromatic heterocycles. The van der Waals surface area contributed by atoms with Crippen molar-refractivity contribution >= 4 is 0 Å². The van der Waals surface area contributed by atoms with E-state index in [4.69, 9.17) is 4.74 Å². The van der Waals surface area contributed by atoms with Crippen molar-refractivity contribution in [1.29, 1.82) is 0 Å². The van der Waals surface area contributed by atoms with Gasteiger partial charge in [0.1, 0.15) is 5.82 Å². The second kappa shape index (κ2) is 5.06. The maximum absolute atomic E-state index is 11.7. The van der Waals surface area contributed by atoms with E-state index in [9.17, 15) is 4.79 Å². The molecule has 2 fully saturated rings. The van der Waals surface area contributed by atoms with Crippen LogP contribution in [0.5, 0.6) is 0 Å². The number of aromatic nitrogens is 2. The van der Waals surface area contributed by atoms with Gasteiger partial charge in [0.05, 0.1) is 12.3 Å². The summed E-state index contributed by atoms with van der Waals surface area (Å²) in [6.07, 6.45) is 4.76. The number of fused-ring (bicyclic) bond motifs is 2. The molecular weight excluding hydrogens is 242 g/mol. The minimum absolute atomic E-state index is 0.0664. The Kier molecular flexibility index (Phi) is 3.41. The maximum atomic E-state index is 11.7. The summed E-state index contributed by atoms with van der Waals surface area (Å²) in [4.78, 5) is 21.7. The summed E-state index contributed by atoms with van der Waals surface area (Å²) in [5.41, 5.74) is 0.663. The van der Waals surface area contributed by atoms with Crippen molar-refractivity contribution in [2.24, 2.45) is 0 Å². The zero-order valence-electron chi connectivity index (χ0n) is 11.6. The Hall–Kier alpha value is -1.20. The molecule has 2 saturated heterocycles. The molecular formula is C14H21N3O2. The van der Waals surface area contributed by atoms with Gasteiger partial charge in [0.25, 0.3) is 5.56 Å². The lowest BCUT2D eigenvalue weighted by atomic mass is 9.90. The molecule has 2 unspecified atom stereocenters. The number of methoxy groups -OCH3 is 1. The average Bonchev–Trinajstić information content (AvgIpc) is 2.62. The Morgan fingerprint density at radius 1 is 1.42 bits per heavy atom. The number of aromatic amines is 1. The lowest BCUT2D eigenvalue weighted by Gasteiger charge is -2.35. The van der Waals surface area contributed by atoms with Crippen LogP contribution in [0.4, 0.5) is 0 Å². The van der Waals surface area contributed by atoms with Gasteiger partial charge in [-0.15, -0.1) is 0 Å². The van der Waals surface area contributed by atoms with Crippen LogP contribution in [0.25, 0.3) is 0 Å². The van der Waals surface area contributed by atoms with Crippen molar-refractivity contribution in [3.63, 3.8) is 0 Å². The van der Waals surface area contributed by atoms with Crippen LogP contribution in [0.2, 0.25) is 0 Å². The van der Waals surface area contributed by atoms with E-state index in [1.165, 1.54) is 18.9 Å². The van der Waals surface area contributed by atoms with Gasteiger partial charge in [0, 0.05) is 31.2 Å². The first-order chi connectivity index (χ1) is 9.17. The molecule has 0 saturated carbocycles. The van der Waals surface area contributed by atoms with Crippen LogP contribution in [0.3, 0.4) is 0 Å². The highest BCUT2D eigenvalue weighted by Crippen LogP contribution is 2.40. The first-order valence-electron chi connectivity index (χ1n) is 6.98. The number of H-pyrrole nitrogens is 1. The molecule has 5 nitrogen and oxygen atoms in total. The summed E-state index contributed by atoms with van der Waals surface area (Å²) < 4.78 is 5.07. The van der Waals surface area contributed by atoms with E-state index in [2.05, 4.69) is 21.9 Å². The van der Waals surface area contributed by atoms with Crippen molar-refractivity contribution in [2.75, 3.05) is 14.2 Å². The van der Waals surface area contributed by atoms with Crippen LogP contribution in [0.1, 0.15) is 43.1 Å². The Bertz CT molecular complexity index is 500. The molecule has 1 aromatic rings. The van der Waals surface area contributed by atoms with Crippen LogP contribution in [0, 0.1) is 0 Å². The number of nitrogens with one attached hydrogen (secondary N) is 1. The number of hydrogen-bond acceptors (Lipinski definition) is 4. The minimum Gasteiger partial charge on any atom is -0.378 e. The van der Waals surface area contributed by atoms with Crippen LogP contribution in [-0.4, -0.2) is 41.1 Å². The summed E-state index contributed by atoms with van der Waals surface area (Å²) in [5, 5.41) is 0. The van der Waals surface area contributed by atoms with Crippen molar-refractivity contribution in [3.05, 3.63) is 27.9 Å². The first-order valence-corrected chi connectivity index (χ1v) is 6.98. The predicted molar refractivity (Wildman–Crippen MR) is 72.1 cm³/mol. The molecule has 5 heteroatoms. The third kappa shape index (κ3) is 2.44. The van der Waals surface area contributed by atoms with Gasteiger partial charge in [-0.3, -0.25) is 4.79 Å². The van der Waals surface area contributed by atoms with Gasteiger partial charge in [-0.2, -0.15) is 0 Å². The largest absolute Gasteiger partial charge is 0.378 e. The van der Waals surface area contributed by atoms with Gasteiger partial charge in [-0.1, -0.05) is 0 Å². The van der Waals surface area contributed by atoms with Gasteiger partial charge in [0.15, 0.2) is 0 Å². The molecule has 2 aliphatic rings. The fraction of sp³-hybridized carbons (Fsp3) is 0.714. The molecule has 0 aromatic carbocycles. The third-order valence-corrected chi connectivity index (χ3v) is 4.59. The van der Waals surface area contributed by atoms with Crippen molar-refractivity contribution in [1.82, 2.24) is 14.9 Å². The van der Waals surface area contributed by atoms with Crippen LogP contribution < -0.4 is 5.56 Å². The fourth-order valence-corrected chi connectivity index (χ4v) is 3.58. The first kappa shape index (κ1) is 12.8. The molecule has 0 spiro atoms. The molecule has 19 heavy (non-hydrogen) atoms. The van der Waals surface area contributed by atoms with Gasteiger partial charge in [-0.25, -0.2) is 4.98 Å². The fourth-order valence-electron chi connectivity index (χ4n) is 3.58. The quantitative estimate of drug-likeness (QED) is 0.892. The SMILES string of the molecule is COCc1cc(=O)[nH]c(C2CC3CCC(C2)N3C)n1. The van der Waals surface area contributed by atoms with E-state index < -0.39 is 0 Å². The number of ether oxygens (including phenoxy) is 1. The topological polar surface area (TPSA) is 58.2 Å². The van der Waals surface area contributed by atoms with Crippen LogP contribution in [-0.2, 0) is 11.3 Å². The lowest BCUT2D eigenvalue weighted by Crippen LogP contribution is -2.39. The molecule has 1 N–H and O–H groups in total. The van der Waals surface area contributed by atoms with Gasteiger partial charge >= 0.3 is 0 Å². The number of hydrogen-bond donors (Lipinski definition) is 1. The lowest BCUT2D eigenvalue weighted by molar-refractivity contribution is 0.157. The standard InChI is InChI=1S/C14H21N3O2/c1-17-11-3-4-12(17)6-9(5-11)14-15-10(8-19-2)7-13(18)16-14/h7,9,11-12H,3-6,8H2,1-2H3,(H,15,16,18). The van der Waals surface area contributed by atoms with E-state index in [1.807, 2.05) is 0 Å². The summed E-state index contributed by atoms with van der Waals surface area (Å²) in [6, 6.07) is 2.83. The van der Waals surface area contributed by atoms with Gasteiger partial charge in [-0.05, 0) is 32.7 Å². The summed E-state index contributed by atoms with van der Waals surface area (Å²) >= 11 is 0. The number of nitrogens with zero attached hydrogens (tertiary/aromatic N) is 2. The van der Waals surface area contributed by atoms with Crippen LogP contribution >= 0.6 is 0 Å². The van der Waals surface area contributed by atoms with E-state index in [0.29, 0.717) is 24.6 Å². The highest BCUT2D eigenvalue weighted by molar-refractivity contribution is 5.09. The maximum Gasteiger partial charge on any atom is 0.251 e. The molecule has 3 rings (SSSR count). The van der Waals surface area contributed by atoms with E-state index in [-0.39, 0.29) is 5.56 Å².